The van der Waals surface area contributed by atoms with Gasteiger partial charge in [0, 0.05) is 6.42 Å². The molecule has 0 radical (unpaired) electrons. The summed E-state index contributed by atoms with van der Waals surface area (Å²) in [5, 5.41) is 6.18. The number of carbonyl (C=O) groups excluding carboxylic acids is 1. The van der Waals surface area contributed by atoms with Crippen molar-refractivity contribution in [1.29, 1.82) is 0 Å². The topological polar surface area (TPSA) is 50.4 Å². The van der Waals surface area contributed by atoms with E-state index in [1.807, 2.05) is 6.92 Å². The van der Waals surface area contributed by atoms with Gasteiger partial charge in [0.15, 0.2) is 0 Å². The highest BCUT2D eigenvalue weighted by atomic mass is 19.1. The fraction of sp³-hybridized carbons (Fsp3) is 0.562. The van der Waals surface area contributed by atoms with Crippen molar-refractivity contribution in [2.45, 2.75) is 32.3 Å². The van der Waals surface area contributed by atoms with Crippen LogP contribution >= 0.6 is 0 Å². The van der Waals surface area contributed by atoms with Gasteiger partial charge in [0.1, 0.15) is 17.7 Å². The van der Waals surface area contributed by atoms with Crippen LogP contribution in [0.15, 0.2) is 24.3 Å². The molecule has 1 aliphatic rings. The van der Waals surface area contributed by atoms with E-state index in [0.29, 0.717) is 24.6 Å². The molecule has 1 amide bonds. The lowest BCUT2D eigenvalue weighted by atomic mass is 10.0. The molecule has 4 nitrogen and oxygen atoms in total. The van der Waals surface area contributed by atoms with Crippen LogP contribution in [-0.4, -0.2) is 31.6 Å². The van der Waals surface area contributed by atoms with Gasteiger partial charge in [-0.05, 0) is 63.0 Å². The van der Waals surface area contributed by atoms with Crippen LogP contribution < -0.4 is 15.4 Å². The van der Waals surface area contributed by atoms with Gasteiger partial charge in [-0.15, -0.1) is 0 Å². The Kier molecular flexibility index (Phi) is 5.99. The zero-order valence-corrected chi connectivity index (χ0v) is 12.4. The molecule has 2 rings (SSSR count). The SMILES string of the molecule is CC(CNC(=O)CCC1CCNC1)Oc1ccc(F)cc1. The van der Waals surface area contributed by atoms with Gasteiger partial charge in [-0.25, -0.2) is 4.39 Å². The van der Waals surface area contributed by atoms with E-state index < -0.39 is 0 Å². The van der Waals surface area contributed by atoms with E-state index in [9.17, 15) is 9.18 Å². The first-order valence-corrected chi connectivity index (χ1v) is 7.53. The van der Waals surface area contributed by atoms with Gasteiger partial charge in [-0.3, -0.25) is 4.79 Å². The molecule has 0 spiro atoms. The van der Waals surface area contributed by atoms with E-state index in [-0.39, 0.29) is 17.8 Å². The first-order chi connectivity index (χ1) is 10.1. The highest BCUT2D eigenvalue weighted by molar-refractivity contribution is 5.75. The number of nitrogens with one attached hydrogen (secondary N) is 2. The number of ether oxygens (including phenoxy) is 1. The number of halogens is 1. The Morgan fingerprint density at radius 3 is 2.90 bits per heavy atom. The minimum absolute atomic E-state index is 0.0662. The summed E-state index contributed by atoms with van der Waals surface area (Å²) < 4.78 is 18.4. The average Bonchev–Trinajstić information content (AvgIpc) is 2.99. The molecule has 5 heteroatoms. The summed E-state index contributed by atoms with van der Waals surface area (Å²) in [6.07, 6.45) is 2.52. The third kappa shape index (κ3) is 5.71. The highest BCUT2D eigenvalue weighted by Crippen LogP contribution is 2.14. The smallest absolute Gasteiger partial charge is 0.220 e. The van der Waals surface area contributed by atoms with Gasteiger partial charge in [0.2, 0.25) is 5.91 Å². The van der Waals surface area contributed by atoms with E-state index in [1.165, 1.54) is 12.1 Å². The summed E-state index contributed by atoms with van der Waals surface area (Å²) in [6, 6.07) is 5.88. The molecule has 1 aliphatic heterocycles. The summed E-state index contributed by atoms with van der Waals surface area (Å²) >= 11 is 0. The average molecular weight is 294 g/mol. The zero-order valence-electron chi connectivity index (χ0n) is 12.4. The molecule has 0 saturated carbocycles. The Bertz CT molecular complexity index is 444. The number of amides is 1. The van der Waals surface area contributed by atoms with Crippen LogP contribution in [0.3, 0.4) is 0 Å². The minimum atomic E-state index is -0.287. The van der Waals surface area contributed by atoms with Gasteiger partial charge in [-0.1, -0.05) is 0 Å². The van der Waals surface area contributed by atoms with E-state index in [4.69, 9.17) is 4.74 Å². The minimum Gasteiger partial charge on any atom is -0.489 e. The van der Waals surface area contributed by atoms with Gasteiger partial charge in [0.05, 0.1) is 6.54 Å². The van der Waals surface area contributed by atoms with Gasteiger partial charge >= 0.3 is 0 Å². The quantitative estimate of drug-likeness (QED) is 0.809. The molecule has 1 aromatic carbocycles. The lowest BCUT2D eigenvalue weighted by Crippen LogP contribution is -2.33. The molecule has 21 heavy (non-hydrogen) atoms. The zero-order chi connectivity index (χ0) is 15.1. The molecule has 1 fully saturated rings. The van der Waals surface area contributed by atoms with Crippen LogP contribution in [0.4, 0.5) is 4.39 Å². The number of carbonyl (C=O) groups is 1. The van der Waals surface area contributed by atoms with Crippen molar-refractivity contribution < 1.29 is 13.9 Å². The monoisotopic (exact) mass is 294 g/mol. The fourth-order valence-corrected chi connectivity index (χ4v) is 2.43. The second-order valence-electron chi connectivity index (χ2n) is 5.58. The van der Waals surface area contributed by atoms with Crippen LogP contribution in [0.1, 0.15) is 26.2 Å². The third-order valence-electron chi connectivity index (χ3n) is 3.68. The molecule has 0 aromatic heterocycles. The predicted octanol–water partition coefficient (Wildman–Crippen LogP) is 2.10. The van der Waals surface area contributed by atoms with Gasteiger partial charge in [-0.2, -0.15) is 0 Å². The lowest BCUT2D eigenvalue weighted by molar-refractivity contribution is -0.121. The molecule has 0 aliphatic carbocycles. The van der Waals surface area contributed by atoms with E-state index in [1.54, 1.807) is 12.1 Å². The standard InChI is InChI=1S/C16H23FN2O2/c1-12(21-15-5-3-14(17)4-6-15)10-19-16(20)7-2-13-8-9-18-11-13/h3-6,12-13,18H,2,7-11H2,1H3,(H,19,20). The normalized spacial score (nSPS) is 19.2. The second kappa shape index (κ2) is 7.98. The molecule has 1 heterocycles. The molecule has 2 N–H and O–H groups in total. The largest absolute Gasteiger partial charge is 0.489 e. The van der Waals surface area contributed by atoms with Crippen molar-refractivity contribution in [2.24, 2.45) is 5.92 Å². The summed E-state index contributed by atoms with van der Waals surface area (Å²) in [4.78, 5) is 11.8. The highest BCUT2D eigenvalue weighted by Gasteiger charge is 2.16. The Morgan fingerprint density at radius 1 is 1.48 bits per heavy atom. The summed E-state index contributed by atoms with van der Waals surface area (Å²) in [5.41, 5.74) is 0. The lowest BCUT2D eigenvalue weighted by Gasteiger charge is -2.16. The molecular weight excluding hydrogens is 271 g/mol. The molecule has 0 bridgehead atoms. The van der Waals surface area contributed by atoms with E-state index in [0.717, 1.165) is 25.9 Å². The van der Waals surface area contributed by atoms with Crippen LogP contribution in [0.25, 0.3) is 0 Å². The third-order valence-corrected chi connectivity index (χ3v) is 3.68. The van der Waals surface area contributed by atoms with Crippen molar-refractivity contribution in [2.75, 3.05) is 19.6 Å². The summed E-state index contributed by atoms with van der Waals surface area (Å²) in [7, 11) is 0. The molecule has 2 unspecified atom stereocenters. The second-order valence-corrected chi connectivity index (χ2v) is 5.58. The first kappa shape index (κ1) is 15.8. The maximum absolute atomic E-state index is 12.8. The molecule has 2 atom stereocenters. The summed E-state index contributed by atoms with van der Waals surface area (Å²) in [6.45, 7) is 4.43. The molecule has 1 saturated heterocycles. The Balaban J connectivity index is 1.62. The Labute approximate surface area is 125 Å². The van der Waals surface area contributed by atoms with Gasteiger partial charge in [0.25, 0.3) is 0 Å². The Hall–Kier alpha value is -1.62. The van der Waals surface area contributed by atoms with Crippen LogP contribution in [0, 0.1) is 11.7 Å². The van der Waals surface area contributed by atoms with Gasteiger partial charge < -0.3 is 15.4 Å². The first-order valence-electron chi connectivity index (χ1n) is 7.53. The molecule has 116 valence electrons. The van der Waals surface area contributed by atoms with E-state index >= 15 is 0 Å². The van der Waals surface area contributed by atoms with Crippen molar-refractivity contribution in [3.63, 3.8) is 0 Å². The van der Waals surface area contributed by atoms with E-state index in [2.05, 4.69) is 10.6 Å². The van der Waals surface area contributed by atoms with Crippen LogP contribution in [0.2, 0.25) is 0 Å². The fourth-order valence-electron chi connectivity index (χ4n) is 2.43. The van der Waals surface area contributed by atoms with Crippen molar-refractivity contribution >= 4 is 5.91 Å². The predicted molar refractivity (Wildman–Crippen MR) is 79.7 cm³/mol. The van der Waals surface area contributed by atoms with Crippen molar-refractivity contribution in [3.8, 4) is 5.75 Å². The number of hydrogen-bond acceptors (Lipinski definition) is 3. The number of rotatable bonds is 7. The maximum Gasteiger partial charge on any atom is 0.220 e. The van der Waals surface area contributed by atoms with Crippen LogP contribution in [0.5, 0.6) is 5.75 Å². The number of benzene rings is 1. The summed E-state index contributed by atoms with van der Waals surface area (Å²) in [5.74, 6) is 1.01. The van der Waals surface area contributed by atoms with Crippen LogP contribution in [-0.2, 0) is 4.79 Å². The maximum atomic E-state index is 12.8. The Morgan fingerprint density at radius 2 is 2.24 bits per heavy atom. The van der Waals surface area contributed by atoms with Crippen molar-refractivity contribution in [1.82, 2.24) is 10.6 Å². The number of hydrogen-bond donors (Lipinski definition) is 2. The molecule has 1 aromatic rings. The van der Waals surface area contributed by atoms with Crippen molar-refractivity contribution in [3.05, 3.63) is 30.1 Å². The molecular formula is C16H23FN2O2.